The summed E-state index contributed by atoms with van der Waals surface area (Å²) in [7, 11) is 0. The van der Waals surface area contributed by atoms with Gasteiger partial charge in [0.15, 0.2) is 0 Å². The van der Waals surface area contributed by atoms with Crippen molar-refractivity contribution >= 4 is 22.6 Å². The van der Waals surface area contributed by atoms with Crippen LogP contribution in [-0.4, -0.2) is 51.9 Å². The Balaban J connectivity index is 1.39. The lowest BCUT2D eigenvalue weighted by molar-refractivity contribution is -0.141. The molecule has 0 saturated carbocycles. The fourth-order valence-corrected chi connectivity index (χ4v) is 3.41. The Morgan fingerprint density at radius 1 is 1.11 bits per heavy atom. The second-order valence-corrected chi connectivity index (χ2v) is 6.66. The molecule has 0 unspecified atom stereocenters. The molecule has 0 atom stereocenters. The van der Waals surface area contributed by atoms with Crippen molar-refractivity contribution in [2.45, 2.75) is 12.6 Å². The quantitative estimate of drug-likeness (QED) is 0.748. The number of halogens is 3. The molecule has 6 nitrogen and oxygen atoms in total. The first-order chi connectivity index (χ1) is 13.4. The van der Waals surface area contributed by atoms with Crippen molar-refractivity contribution in [1.29, 1.82) is 0 Å². The zero-order valence-corrected chi connectivity index (χ0v) is 14.9. The monoisotopic (exact) mass is 389 g/mol. The number of aromatic nitrogens is 3. The van der Waals surface area contributed by atoms with Crippen LogP contribution in [0.15, 0.2) is 42.9 Å². The Morgan fingerprint density at radius 3 is 2.61 bits per heavy atom. The third-order valence-electron chi connectivity index (χ3n) is 4.92. The molecule has 28 heavy (non-hydrogen) atoms. The van der Waals surface area contributed by atoms with Crippen molar-refractivity contribution in [2.75, 3.05) is 31.1 Å². The molecule has 1 amide bonds. The Kier molecular flexibility index (Phi) is 4.66. The zero-order valence-electron chi connectivity index (χ0n) is 14.9. The maximum absolute atomic E-state index is 12.8. The number of piperazine rings is 1. The molecule has 146 valence electrons. The number of hydrogen-bond acceptors (Lipinski definition) is 4. The average Bonchev–Trinajstić information content (AvgIpc) is 3.10. The van der Waals surface area contributed by atoms with E-state index in [1.54, 1.807) is 9.80 Å². The summed E-state index contributed by atoms with van der Waals surface area (Å²) >= 11 is 0. The number of para-hydroxylation sites is 1. The molecule has 0 bridgehead atoms. The summed E-state index contributed by atoms with van der Waals surface area (Å²) in [4.78, 5) is 26.5. The number of fused-ring (bicyclic) bond motifs is 1. The highest BCUT2D eigenvalue weighted by molar-refractivity contribution is 5.89. The van der Waals surface area contributed by atoms with Crippen molar-refractivity contribution in [3.05, 3.63) is 54.1 Å². The van der Waals surface area contributed by atoms with Crippen LogP contribution in [0, 0.1) is 0 Å². The molecule has 1 aliphatic rings. The minimum Gasteiger partial charge on any atom is -0.361 e. The summed E-state index contributed by atoms with van der Waals surface area (Å²) < 4.78 is 38.5. The van der Waals surface area contributed by atoms with Gasteiger partial charge in [0.25, 0.3) is 0 Å². The normalized spacial score (nSPS) is 15.2. The van der Waals surface area contributed by atoms with Crippen LogP contribution in [0.2, 0.25) is 0 Å². The molecule has 3 aromatic rings. The molecule has 1 N–H and O–H groups in total. The van der Waals surface area contributed by atoms with Gasteiger partial charge in [0, 0.05) is 49.3 Å². The van der Waals surface area contributed by atoms with Gasteiger partial charge in [-0.1, -0.05) is 18.2 Å². The van der Waals surface area contributed by atoms with Gasteiger partial charge in [0.05, 0.1) is 6.42 Å². The van der Waals surface area contributed by atoms with E-state index in [2.05, 4.69) is 15.0 Å². The lowest BCUT2D eigenvalue weighted by Crippen LogP contribution is -2.49. The molecular formula is C19H18F3N5O. The second-order valence-electron chi connectivity index (χ2n) is 6.66. The Hall–Kier alpha value is -3.10. The number of rotatable bonds is 3. The summed E-state index contributed by atoms with van der Waals surface area (Å²) in [5.41, 5.74) is 0.961. The highest BCUT2D eigenvalue weighted by Gasteiger charge is 2.33. The Labute approximate surface area is 159 Å². The van der Waals surface area contributed by atoms with E-state index in [1.165, 1.54) is 0 Å². The molecule has 0 spiro atoms. The van der Waals surface area contributed by atoms with E-state index >= 15 is 0 Å². The maximum atomic E-state index is 12.8. The van der Waals surface area contributed by atoms with E-state index in [0.29, 0.717) is 26.2 Å². The summed E-state index contributed by atoms with van der Waals surface area (Å²) in [5.74, 6) is 0.231. The first kappa shape index (κ1) is 18.3. The number of alkyl halides is 3. The van der Waals surface area contributed by atoms with E-state index in [0.717, 1.165) is 28.9 Å². The predicted molar refractivity (Wildman–Crippen MR) is 97.8 cm³/mol. The van der Waals surface area contributed by atoms with Gasteiger partial charge in [-0.25, -0.2) is 9.97 Å². The fraction of sp³-hybridized carbons (Fsp3) is 0.316. The van der Waals surface area contributed by atoms with Gasteiger partial charge < -0.3 is 14.8 Å². The second kappa shape index (κ2) is 7.14. The number of anilines is 1. The van der Waals surface area contributed by atoms with Crippen LogP contribution in [0.25, 0.3) is 10.9 Å². The Bertz CT molecular complexity index is 992. The van der Waals surface area contributed by atoms with Crippen molar-refractivity contribution in [3.8, 4) is 0 Å². The van der Waals surface area contributed by atoms with Crippen LogP contribution in [0.1, 0.15) is 11.3 Å². The van der Waals surface area contributed by atoms with Gasteiger partial charge in [-0.3, -0.25) is 4.79 Å². The largest absolute Gasteiger partial charge is 0.433 e. The van der Waals surface area contributed by atoms with Gasteiger partial charge in [0.2, 0.25) is 5.91 Å². The first-order valence-corrected chi connectivity index (χ1v) is 8.89. The minimum atomic E-state index is -4.51. The van der Waals surface area contributed by atoms with Gasteiger partial charge in [-0.2, -0.15) is 13.2 Å². The molecule has 0 aliphatic carbocycles. The fourth-order valence-electron chi connectivity index (χ4n) is 3.41. The standard InChI is InChI=1S/C19H18F3N5O/c20-19(21,22)16-10-17(25-12-24-16)26-5-7-27(8-6-26)18(28)9-13-11-23-15-4-2-1-3-14(13)15/h1-4,10-12,23H,5-9H2. The highest BCUT2D eigenvalue weighted by Crippen LogP contribution is 2.29. The van der Waals surface area contributed by atoms with Crippen molar-refractivity contribution in [1.82, 2.24) is 19.9 Å². The van der Waals surface area contributed by atoms with Crippen LogP contribution < -0.4 is 4.90 Å². The SMILES string of the molecule is O=C(Cc1c[nH]c2ccccc12)N1CCN(c2cc(C(F)(F)F)ncn2)CC1. The van der Waals surface area contributed by atoms with E-state index in [9.17, 15) is 18.0 Å². The third kappa shape index (κ3) is 3.64. The molecule has 4 rings (SSSR count). The van der Waals surface area contributed by atoms with Crippen LogP contribution in [-0.2, 0) is 17.4 Å². The number of H-pyrrole nitrogens is 1. The lowest BCUT2D eigenvalue weighted by atomic mass is 10.1. The summed E-state index contributed by atoms with van der Waals surface area (Å²) in [5, 5.41) is 1.02. The smallest absolute Gasteiger partial charge is 0.361 e. The predicted octanol–water partition coefficient (Wildman–Crippen LogP) is 2.87. The number of carbonyl (C=O) groups excluding carboxylic acids is 1. The molecule has 0 radical (unpaired) electrons. The number of benzene rings is 1. The maximum Gasteiger partial charge on any atom is 0.433 e. The summed E-state index contributed by atoms with van der Waals surface area (Å²) in [6.45, 7) is 1.72. The molecular weight excluding hydrogens is 371 g/mol. The zero-order chi connectivity index (χ0) is 19.7. The van der Waals surface area contributed by atoms with Gasteiger partial charge in [0.1, 0.15) is 17.8 Å². The van der Waals surface area contributed by atoms with Crippen molar-refractivity contribution in [2.24, 2.45) is 0 Å². The molecule has 1 fully saturated rings. The number of amides is 1. The number of aromatic amines is 1. The van der Waals surface area contributed by atoms with Crippen molar-refractivity contribution in [3.63, 3.8) is 0 Å². The van der Waals surface area contributed by atoms with E-state index in [1.807, 2.05) is 30.5 Å². The number of nitrogens with zero attached hydrogens (tertiary/aromatic N) is 4. The number of carbonyl (C=O) groups is 1. The van der Waals surface area contributed by atoms with Gasteiger partial charge >= 0.3 is 6.18 Å². The minimum absolute atomic E-state index is 0.00284. The number of hydrogen-bond donors (Lipinski definition) is 1. The molecule has 1 aliphatic heterocycles. The lowest BCUT2D eigenvalue weighted by Gasteiger charge is -2.35. The Morgan fingerprint density at radius 2 is 1.86 bits per heavy atom. The van der Waals surface area contributed by atoms with E-state index in [-0.39, 0.29) is 18.1 Å². The van der Waals surface area contributed by atoms with Crippen molar-refractivity contribution < 1.29 is 18.0 Å². The van der Waals surface area contributed by atoms with E-state index < -0.39 is 11.9 Å². The summed E-state index contributed by atoms with van der Waals surface area (Å²) in [6.07, 6.45) is -1.45. The first-order valence-electron chi connectivity index (χ1n) is 8.89. The van der Waals surface area contributed by atoms with Crippen LogP contribution in [0.3, 0.4) is 0 Å². The van der Waals surface area contributed by atoms with Crippen LogP contribution in [0.4, 0.5) is 19.0 Å². The summed E-state index contributed by atoms with van der Waals surface area (Å²) in [6, 6.07) is 8.74. The third-order valence-corrected chi connectivity index (χ3v) is 4.92. The topological polar surface area (TPSA) is 65.1 Å². The number of nitrogens with one attached hydrogen (secondary N) is 1. The van der Waals surface area contributed by atoms with Crippen LogP contribution >= 0.6 is 0 Å². The van der Waals surface area contributed by atoms with Crippen LogP contribution in [0.5, 0.6) is 0 Å². The molecule has 9 heteroatoms. The molecule has 1 aromatic carbocycles. The molecule has 3 heterocycles. The average molecular weight is 389 g/mol. The highest BCUT2D eigenvalue weighted by atomic mass is 19.4. The van der Waals surface area contributed by atoms with Gasteiger partial charge in [-0.15, -0.1) is 0 Å². The van der Waals surface area contributed by atoms with Gasteiger partial charge in [-0.05, 0) is 11.6 Å². The molecule has 1 saturated heterocycles. The molecule has 2 aromatic heterocycles. The van der Waals surface area contributed by atoms with E-state index in [4.69, 9.17) is 0 Å².